The van der Waals surface area contributed by atoms with E-state index >= 15 is 0 Å². The van der Waals surface area contributed by atoms with Crippen molar-refractivity contribution in [3.8, 4) is 0 Å². The van der Waals surface area contributed by atoms with Crippen molar-refractivity contribution in [2.24, 2.45) is 0 Å². The number of aromatic nitrogens is 2. The van der Waals surface area contributed by atoms with Crippen LogP contribution in [0, 0.1) is 0 Å². The lowest BCUT2D eigenvalue weighted by Gasteiger charge is -2.03. The average Bonchev–Trinajstić information content (AvgIpc) is 3.07. The molecule has 2 aromatic heterocycles. The zero-order chi connectivity index (χ0) is 14.2. The molecule has 0 aliphatic heterocycles. The van der Waals surface area contributed by atoms with Crippen molar-refractivity contribution in [1.29, 1.82) is 0 Å². The van der Waals surface area contributed by atoms with E-state index in [1.165, 1.54) is 10.8 Å². The number of fused-ring (bicyclic) bond motifs is 2. The van der Waals surface area contributed by atoms with Crippen LogP contribution in [0.1, 0.15) is 5.69 Å². The maximum absolute atomic E-state index is 9.60. The van der Waals surface area contributed by atoms with Crippen LogP contribution in [0.4, 0.5) is 0 Å². The van der Waals surface area contributed by atoms with Gasteiger partial charge in [-0.25, -0.2) is 4.98 Å². The molecular formula is C16H12N2OS2. The Morgan fingerprint density at radius 3 is 2.86 bits per heavy atom. The summed E-state index contributed by atoms with van der Waals surface area (Å²) in [6, 6.07) is 14.7. The lowest BCUT2D eigenvalue weighted by atomic mass is 10.1. The second-order valence-electron chi connectivity index (χ2n) is 4.69. The Labute approximate surface area is 129 Å². The molecule has 2 aromatic carbocycles. The maximum Gasteiger partial charge on any atom is 0.195 e. The first kappa shape index (κ1) is 12.9. The van der Waals surface area contributed by atoms with Crippen LogP contribution in [0.2, 0.25) is 0 Å². The highest BCUT2D eigenvalue weighted by Crippen LogP contribution is 2.33. The van der Waals surface area contributed by atoms with E-state index < -0.39 is 0 Å². The molecule has 21 heavy (non-hydrogen) atoms. The molecule has 1 N–H and O–H groups in total. The van der Waals surface area contributed by atoms with Gasteiger partial charge in [0.25, 0.3) is 0 Å². The molecule has 3 nitrogen and oxygen atoms in total. The van der Waals surface area contributed by atoms with E-state index in [1.807, 2.05) is 28.1 Å². The van der Waals surface area contributed by atoms with E-state index in [4.69, 9.17) is 0 Å². The van der Waals surface area contributed by atoms with Gasteiger partial charge in [0, 0.05) is 16.5 Å². The molecule has 0 saturated heterocycles. The minimum Gasteiger partial charge on any atom is -0.390 e. The fourth-order valence-electron chi connectivity index (χ4n) is 2.38. The molecule has 4 rings (SSSR count). The molecule has 0 fully saturated rings. The van der Waals surface area contributed by atoms with Crippen molar-refractivity contribution < 1.29 is 5.11 Å². The first-order valence-corrected chi connectivity index (χ1v) is 8.27. The Balaban J connectivity index is 1.76. The van der Waals surface area contributed by atoms with Gasteiger partial charge in [-0.05, 0) is 22.9 Å². The fourth-order valence-corrected chi connectivity index (χ4v) is 4.13. The largest absolute Gasteiger partial charge is 0.390 e. The van der Waals surface area contributed by atoms with Crippen LogP contribution < -0.4 is 0 Å². The summed E-state index contributed by atoms with van der Waals surface area (Å²) in [5.41, 5.74) is 0.851. The molecule has 2 heterocycles. The highest BCUT2D eigenvalue weighted by Gasteiger charge is 2.13. The molecule has 0 radical (unpaired) electrons. The lowest BCUT2D eigenvalue weighted by molar-refractivity contribution is 0.272. The molecule has 0 amide bonds. The molecule has 0 aliphatic carbocycles. The summed E-state index contributed by atoms with van der Waals surface area (Å²) >= 11 is 3.18. The van der Waals surface area contributed by atoms with Crippen LogP contribution in [0.25, 0.3) is 15.7 Å². The lowest BCUT2D eigenvalue weighted by Crippen LogP contribution is -1.90. The molecule has 0 aliphatic rings. The molecule has 0 atom stereocenters. The predicted molar refractivity (Wildman–Crippen MR) is 87.1 cm³/mol. The first-order chi connectivity index (χ1) is 10.3. The van der Waals surface area contributed by atoms with Gasteiger partial charge in [-0.1, -0.05) is 42.1 Å². The van der Waals surface area contributed by atoms with Crippen molar-refractivity contribution in [3.63, 3.8) is 0 Å². The highest BCUT2D eigenvalue weighted by atomic mass is 32.2. The predicted octanol–water partition coefficient (Wildman–Crippen LogP) is 4.19. The van der Waals surface area contributed by atoms with Gasteiger partial charge in [0.2, 0.25) is 0 Å². The zero-order valence-corrected chi connectivity index (χ0v) is 12.7. The minimum absolute atomic E-state index is 0.00614. The van der Waals surface area contributed by atoms with Gasteiger partial charge in [0.05, 0.1) is 12.3 Å². The number of rotatable bonds is 3. The second kappa shape index (κ2) is 5.18. The summed E-state index contributed by atoms with van der Waals surface area (Å²) in [4.78, 5) is 6.66. The summed E-state index contributed by atoms with van der Waals surface area (Å²) in [6.07, 6.45) is 1.95. The molecular weight excluding hydrogens is 300 g/mol. The normalized spacial score (nSPS) is 11.5. The fraction of sp³-hybridized carbons (Fsp3) is 0.0625. The number of aliphatic hydroxyl groups excluding tert-OH is 1. The Kier molecular flexibility index (Phi) is 3.18. The van der Waals surface area contributed by atoms with Crippen LogP contribution in [0.15, 0.2) is 64.0 Å². The third-order valence-corrected chi connectivity index (χ3v) is 5.18. The molecule has 0 unspecified atom stereocenters. The standard InChI is InChI=1S/C16H12N2OS2/c19-10-14-15(17-16-18(14)7-8-20-16)21-13-6-5-11-3-1-2-4-12(11)9-13/h1-9,19H,10H2. The first-order valence-electron chi connectivity index (χ1n) is 6.57. The van der Waals surface area contributed by atoms with Crippen LogP contribution >= 0.6 is 23.1 Å². The summed E-state index contributed by atoms with van der Waals surface area (Å²) in [5, 5.41) is 14.9. The van der Waals surface area contributed by atoms with E-state index in [1.54, 1.807) is 23.1 Å². The Morgan fingerprint density at radius 1 is 1.14 bits per heavy atom. The van der Waals surface area contributed by atoms with Crippen molar-refractivity contribution in [3.05, 3.63) is 59.7 Å². The third kappa shape index (κ3) is 2.23. The number of hydrogen-bond acceptors (Lipinski definition) is 4. The van der Waals surface area contributed by atoms with Crippen LogP contribution in [-0.4, -0.2) is 14.5 Å². The van der Waals surface area contributed by atoms with Crippen LogP contribution in [0.5, 0.6) is 0 Å². The van der Waals surface area contributed by atoms with Gasteiger partial charge in [0.1, 0.15) is 5.03 Å². The third-order valence-electron chi connectivity index (χ3n) is 3.41. The zero-order valence-electron chi connectivity index (χ0n) is 11.1. The van der Waals surface area contributed by atoms with E-state index in [2.05, 4.69) is 35.3 Å². The maximum atomic E-state index is 9.60. The molecule has 0 spiro atoms. The number of benzene rings is 2. The molecule has 4 aromatic rings. The quantitative estimate of drug-likeness (QED) is 0.616. The Bertz CT molecular complexity index is 926. The van der Waals surface area contributed by atoms with Crippen LogP contribution in [-0.2, 0) is 6.61 Å². The average molecular weight is 312 g/mol. The number of nitrogens with zero attached hydrogens (tertiary/aromatic N) is 2. The molecule has 0 saturated carbocycles. The smallest absolute Gasteiger partial charge is 0.195 e. The van der Waals surface area contributed by atoms with E-state index in [0.717, 1.165) is 20.6 Å². The van der Waals surface area contributed by atoms with Crippen molar-refractivity contribution in [1.82, 2.24) is 9.38 Å². The monoisotopic (exact) mass is 312 g/mol. The SMILES string of the molecule is OCc1c(Sc2ccc3ccccc3c2)nc2sccn12. The Hall–Kier alpha value is -1.82. The summed E-state index contributed by atoms with van der Waals surface area (Å²) in [7, 11) is 0. The van der Waals surface area contributed by atoms with E-state index in [-0.39, 0.29) is 6.61 Å². The van der Waals surface area contributed by atoms with Gasteiger partial charge >= 0.3 is 0 Å². The molecule has 5 heteroatoms. The second-order valence-corrected chi connectivity index (χ2v) is 6.62. The van der Waals surface area contributed by atoms with Gasteiger partial charge < -0.3 is 5.11 Å². The van der Waals surface area contributed by atoms with Crippen LogP contribution in [0.3, 0.4) is 0 Å². The van der Waals surface area contributed by atoms with Gasteiger partial charge in [-0.15, -0.1) is 11.3 Å². The van der Waals surface area contributed by atoms with Gasteiger partial charge in [-0.3, -0.25) is 4.40 Å². The number of aliphatic hydroxyl groups is 1. The molecule has 104 valence electrons. The van der Waals surface area contributed by atoms with Crippen molar-refractivity contribution >= 4 is 38.8 Å². The number of hydrogen-bond donors (Lipinski definition) is 1. The van der Waals surface area contributed by atoms with Crippen molar-refractivity contribution in [2.45, 2.75) is 16.5 Å². The number of imidazole rings is 1. The highest BCUT2D eigenvalue weighted by molar-refractivity contribution is 7.99. The summed E-state index contributed by atoms with van der Waals surface area (Å²) < 4.78 is 1.95. The topological polar surface area (TPSA) is 37.5 Å². The van der Waals surface area contributed by atoms with Gasteiger partial charge in [0.15, 0.2) is 4.96 Å². The van der Waals surface area contributed by atoms with E-state index in [9.17, 15) is 5.11 Å². The van der Waals surface area contributed by atoms with E-state index in [0.29, 0.717) is 0 Å². The molecule has 0 bridgehead atoms. The van der Waals surface area contributed by atoms with Crippen molar-refractivity contribution in [2.75, 3.05) is 0 Å². The summed E-state index contributed by atoms with van der Waals surface area (Å²) in [5.74, 6) is 0. The summed E-state index contributed by atoms with van der Waals surface area (Å²) in [6.45, 7) is -0.00614. The number of thiazole rings is 1. The minimum atomic E-state index is -0.00614. The van der Waals surface area contributed by atoms with Gasteiger partial charge in [-0.2, -0.15) is 0 Å². The Morgan fingerprint density at radius 2 is 2.00 bits per heavy atom.